The zero-order valence-corrected chi connectivity index (χ0v) is 17.3. The van der Waals surface area contributed by atoms with Gasteiger partial charge in [0.05, 0.1) is 16.1 Å². The van der Waals surface area contributed by atoms with Crippen molar-refractivity contribution in [3.05, 3.63) is 77.2 Å². The predicted octanol–water partition coefficient (Wildman–Crippen LogP) is 3.86. The van der Waals surface area contributed by atoms with Crippen LogP contribution in [0.2, 0.25) is 0 Å². The van der Waals surface area contributed by atoms with Crippen molar-refractivity contribution in [2.75, 3.05) is 10.8 Å². The molecule has 3 aromatic rings. The van der Waals surface area contributed by atoms with Gasteiger partial charge >= 0.3 is 5.97 Å². The van der Waals surface area contributed by atoms with Crippen LogP contribution in [0.5, 0.6) is 0 Å². The summed E-state index contributed by atoms with van der Waals surface area (Å²) in [6, 6.07) is 15.0. The molecule has 0 saturated carbocycles. The van der Waals surface area contributed by atoms with Crippen LogP contribution in [0.15, 0.2) is 64.0 Å². The number of aryl methyl sites for hydroxylation is 2. The number of carbonyl (C=O) groups excluding carboxylic acids is 1. The molecule has 0 N–H and O–H groups in total. The maximum atomic E-state index is 13.3. The van der Waals surface area contributed by atoms with Gasteiger partial charge in [0.25, 0.3) is 10.0 Å². The molecule has 8 heteroatoms. The Kier molecular flexibility index (Phi) is 6.03. The number of anilines is 1. The number of hydrogen-bond acceptors (Lipinski definition) is 6. The molecule has 0 bridgehead atoms. The molecule has 3 rings (SSSR count). The summed E-state index contributed by atoms with van der Waals surface area (Å²) in [5, 5.41) is 3.77. The second-order valence-corrected chi connectivity index (χ2v) is 8.32. The number of hydrogen-bond donors (Lipinski definition) is 0. The first-order valence-corrected chi connectivity index (χ1v) is 10.5. The van der Waals surface area contributed by atoms with Crippen LogP contribution in [0.4, 0.5) is 5.69 Å². The fourth-order valence-electron chi connectivity index (χ4n) is 2.92. The van der Waals surface area contributed by atoms with Crippen LogP contribution in [0.1, 0.15) is 34.3 Å². The van der Waals surface area contributed by atoms with Crippen molar-refractivity contribution >= 4 is 21.7 Å². The summed E-state index contributed by atoms with van der Waals surface area (Å²) in [7, 11) is -3.86. The molecule has 0 atom stereocenters. The molecular formula is C21H22N2O5S. The summed E-state index contributed by atoms with van der Waals surface area (Å²) in [5.74, 6) is -0.0230. The Labute approximate surface area is 169 Å². The van der Waals surface area contributed by atoms with Crippen LogP contribution in [-0.2, 0) is 21.4 Å². The van der Waals surface area contributed by atoms with E-state index >= 15 is 0 Å². The average molecular weight is 414 g/mol. The van der Waals surface area contributed by atoms with Crippen LogP contribution in [0.25, 0.3) is 0 Å². The first-order valence-electron chi connectivity index (χ1n) is 9.10. The Morgan fingerprint density at radius 2 is 1.83 bits per heavy atom. The van der Waals surface area contributed by atoms with E-state index in [0.29, 0.717) is 22.7 Å². The van der Waals surface area contributed by atoms with E-state index in [2.05, 4.69) is 5.16 Å². The number of carbonyl (C=O) groups is 1. The van der Waals surface area contributed by atoms with E-state index in [1.54, 1.807) is 63.2 Å². The van der Waals surface area contributed by atoms with Crippen molar-refractivity contribution in [2.24, 2.45) is 0 Å². The number of sulfonamides is 1. The summed E-state index contributed by atoms with van der Waals surface area (Å²) in [6.45, 7) is 5.39. The molecule has 29 heavy (non-hydrogen) atoms. The number of rotatable bonds is 7. The second-order valence-electron chi connectivity index (χ2n) is 6.49. The van der Waals surface area contributed by atoms with E-state index in [9.17, 15) is 13.2 Å². The van der Waals surface area contributed by atoms with Gasteiger partial charge in [-0.1, -0.05) is 29.4 Å². The molecular weight excluding hydrogens is 392 g/mol. The molecule has 0 aliphatic heterocycles. The van der Waals surface area contributed by atoms with Crippen LogP contribution in [0, 0.1) is 13.8 Å². The highest BCUT2D eigenvalue weighted by atomic mass is 32.2. The summed E-state index contributed by atoms with van der Waals surface area (Å²) in [6.07, 6.45) is 0. The second kappa shape index (κ2) is 8.48. The lowest BCUT2D eigenvalue weighted by Gasteiger charge is -2.24. The van der Waals surface area contributed by atoms with E-state index in [1.165, 1.54) is 10.4 Å². The average Bonchev–Trinajstić information content (AvgIpc) is 3.12. The van der Waals surface area contributed by atoms with Gasteiger partial charge in [0.1, 0.15) is 18.1 Å². The summed E-state index contributed by atoms with van der Waals surface area (Å²) >= 11 is 0. The van der Waals surface area contributed by atoms with Gasteiger partial charge in [-0.05, 0) is 50.6 Å². The normalized spacial score (nSPS) is 11.3. The number of ether oxygens (including phenoxy) is 1. The molecule has 1 heterocycles. The number of para-hydroxylation sites is 1. The lowest BCUT2D eigenvalue weighted by atomic mass is 10.1. The zero-order chi connectivity index (χ0) is 21.0. The highest BCUT2D eigenvalue weighted by Gasteiger charge is 2.26. The smallest absolute Gasteiger partial charge is 0.338 e. The maximum absolute atomic E-state index is 13.3. The fourth-order valence-corrected chi connectivity index (χ4v) is 4.65. The molecule has 152 valence electrons. The summed E-state index contributed by atoms with van der Waals surface area (Å²) in [5.41, 5.74) is 1.74. The maximum Gasteiger partial charge on any atom is 0.338 e. The van der Waals surface area contributed by atoms with Gasteiger partial charge in [0, 0.05) is 12.6 Å². The molecule has 0 amide bonds. The molecule has 0 unspecified atom stereocenters. The Balaban J connectivity index is 1.88. The van der Waals surface area contributed by atoms with E-state index in [-0.39, 0.29) is 23.6 Å². The first kappa shape index (κ1) is 20.6. The highest BCUT2D eigenvalue weighted by molar-refractivity contribution is 7.92. The largest absolute Gasteiger partial charge is 0.455 e. The number of aromatic nitrogens is 1. The number of nitrogens with zero attached hydrogens (tertiary/aromatic N) is 2. The zero-order valence-electron chi connectivity index (χ0n) is 16.5. The van der Waals surface area contributed by atoms with Gasteiger partial charge in [0.15, 0.2) is 0 Å². The third-order valence-corrected chi connectivity index (χ3v) is 6.40. The Morgan fingerprint density at radius 3 is 2.45 bits per heavy atom. The van der Waals surface area contributed by atoms with Crippen LogP contribution in [-0.4, -0.2) is 26.1 Å². The monoisotopic (exact) mass is 414 g/mol. The molecule has 0 radical (unpaired) electrons. The van der Waals surface area contributed by atoms with Crippen molar-refractivity contribution in [2.45, 2.75) is 32.3 Å². The molecule has 0 saturated heterocycles. The van der Waals surface area contributed by atoms with Crippen LogP contribution >= 0.6 is 0 Å². The van der Waals surface area contributed by atoms with Gasteiger partial charge in [-0.25, -0.2) is 13.2 Å². The van der Waals surface area contributed by atoms with E-state index in [1.807, 2.05) is 6.07 Å². The van der Waals surface area contributed by atoms with Crippen molar-refractivity contribution in [3.63, 3.8) is 0 Å². The Hall–Kier alpha value is -3.13. The van der Waals surface area contributed by atoms with E-state index in [0.717, 1.165) is 0 Å². The molecule has 2 aromatic carbocycles. The minimum atomic E-state index is -3.86. The topological polar surface area (TPSA) is 89.7 Å². The molecule has 1 aromatic heterocycles. The van der Waals surface area contributed by atoms with Gasteiger partial charge in [-0.3, -0.25) is 4.31 Å². The van der Waals surface area contributed by atoms with Crippen LogP contribution in [0.3, 0.4) is 0 Å². The minimum Gasteiger partial charge on any atom is -0.455 e. The predicted molar refractivity (Wildman–Crippen MR) is 108 cm³/mol. The van der Waals surface area contributed by atoms with Gasteiger partial charge in [-0.2, -0.15) is 0 Å². The molecule has 0 aliphatic carbocycles. The highest BCUT2D eigenvalue weighted by Crippen LogP contribution is 2.26. The van der Waals surface area contributed by atoms with Crippen molar-refractivity contribution < 1.29 is 22.5 Å². The third kappa shape index (κ3) is 4.48. The Bertz CT molecular complexity index is 1110. The van der Waals surface area contributed by atoms with Gasteiger partial charge in [-0.15, -0.1) is 0 Å². The van der Waals surface area contributed by atoms with Gasteiger partial charge in [0.2, 0.25) is 0 Å². The molecule has 0 spiro atoms. The minimum absolute atomic E-state index is 0.0583. The lowest BCUT2D eigenvalue weighted by Crippen LogP contribution is -2.31. The van der Waals surface area contributed by atoms with E-state index in [4.69, 9.17) is 9.26 Å². The number of esters is 1. The fraction of sp³-hybridized carbons (Fsp3) is 0.238. The van der Waals surface area contributed by atoms with Crippen molar-refractivity contribution in [1.29, 1.82) is 0 Å². The third-order valence-electron chi connectivity index (χ3n) is 4.35. The van der Waals surface area contributed by atoms with Crippen molar-refractivity contribution in [3.8, 4) is 0 Å². The van der Waals surface area contributed by atoms with Gasteiger partial charge < -0.3 is 9.26 Å². The van der Waals surface area contributed by atoms with Crippen molar-refractivity contribution in [1.82, 2.24) is 5.16 Å². The quantitative estimate of drug-likeness (QED) is 0.545. The molecule has 7 nitrogen and oxygen atoms in total. The Morgan fingerprint density at radius 1 is 1.10 bits per heavy atom. The molecule has 0 aliphatic rings. The summed E-state index contributed by atoms with van der Waals surface area (Å²) < 4.78 is 38.1. The standard InChI is InChI=1S/C21H22N2O5S/c1-4-23(19-8-6-5-7-9-19)29(25,26)20-13-17(11-10-15(20)2)21(24)27-14-18-12-16(3)28-22-18/h5-13H,4,14H2,1-3H3. The number of benzene rings is 2. The lowest BCUT2D eigenvalue weighted by molar-refractivity contribution is 0.0464. The summed E-state index contributed by atoms with van der Waals surface area (Å²) in [4.78, 5) is 12.5. The molecule has 0 fully saturated rings. The van der Waals surface area contributed by atoms with Crippen LogP contribution < -0.4 is 4.31 Å². The first-order chi connectivity index (χ1) is 13.8. The SMILES string of the molecule is CCN(c1ccccc1)S(=O)(=O)c1cc(C(=O)OCc2cc(C)on2)ccc1C. The van der Waals surface area contributed by atoms with E-state index < -0.39 is 16.0 Å².